The third-order valence-corrected chi connectivity index (χ3v) is 6.91. The van der Waals surface area contributed by atoms with E-state index in [2.05, 4.69) is 44.5 Å². The Labute approximate surface area is 183 Å². The highest BCUT2D eigenvalue weighted by Gasteiger charge is 2.21. The Morgan fingerprint density at radius 1 is 1.24 bits per heavy atom. The lowest BCUT2D eigenvalue weighted by molar-refractivity contribution is 0.286. The maximum atomic E-state index is 5.85. The highest BCUT2D eigenvalue weighted by molar-refractivity contribution is 8.00. The van der Waals surface area contributed by atoms with E-state index in [1.165, 1.54) is 11.5 Å². The van der Waals surface area contributed by atoms with E-state index in [1.807, 2.05) is 18.2 Å². The van der Waals surface area contributed by atoms with Crippen LogP contribution in [0.4, 0.5) is 5.13 Å². The Bertz CT molecular complexity index is 969. The Morgan fingerprint density at radius 2 is 2.14 bits per heavy atom. The summed E-state index contributed by atoms with van der Waals surface area (Å²) in [6, 6.07) is 12.1. The SMILES string of the molecule is COc1ccc(CN(Sc2ccc3c(c2)OCCC3S)c2ncns2)c(OC)c1. The third kappa shape index (κ3) is 4.57. The van der Waals surface area contributed by atoms with Gasteiger partial charge in [-0.3, -0.25) is 4.31 Å². The summed E-state index contributed by atoms with van der Waals surface area (Å²) in [6.07, 6.45) is 2.50. The van der Waals surface area contributed by atoms with Crippen LogP contribution in [-0.4, -0.2) is 30.2 Å². The van der Waals surface area contributed by atoms with Gasteiger partial charge in [-0.1, -0.05) is 6.07 Å². The fourth-order valence-corrected chi connectivity index (χ4v) is 4.93. The average Bonchev–Trinajstić information content (AvgIpc) is 3.28. The Balaban J connectivity index is 1.61. The molecule has 29 heavy (non-hydrogen) atoms. The van der Waals surface area contributed by atoms with E-state index in [0.717, 1.165) is 44.8 Å². The molecule has 152 valence electrons. The molecule has 1 unspecified atom stereocenters. The number of hydrogen-bond acceptors (Lipinski definition) is 9. The van der Waals surface area contributed by atoms with Crippen LogP contribution < -0.4 is 18.5 Å². The number of fused-ring (bicyclic) bond motifs is 1. The molecule has 1 aliphatic rings. The van der Waals surface area contributed by atoms with E-state index in [-0.39, 0.29) is 5.25 Å². The molecule has 0 aliphatic carbocycles. The van der Waals surface area contributed by atoms with Crippen molar-refractivity contribution in [3.8, 4) is 17.2 Å². The van der Waals surface area contributed by atoms with E-state index in [4.69, 9.17) is 14.2 Å². The van der Waals surface area contributed by atoms with Crippen molar-refractivity contribution in [1.29, 1.82) is 0 Å². The van der Waals surface area contributed by atoms with Crippen molar-refractivity contribution in [2.75, 3.05) is 25.1 Å². The lowest BCUT2D eigenvalue weighted by Crippen LogP contribution is -2.15. The zero-order valence-electron chi connectivity index (χ0n) is 16.1. The first kappa shape index (κ1) is 20.2. The third-order valence-electron chi connectivity index (χ3n) is 4.58. The highest BCUT2D eigenvalue weighted by Crippen LogP contribution is 2.40. The molecular formula is C20H21N3O3S3. The number of rotatable bonds is 7. The molecule has 1 atom stereocenters. The Morgan fingerprint density at radius 3 is 2.90 bits per heavy atom. The molecule has 0 N–H and O–H groups in total. The van der Waals surface area contributed by atoms with E-state index in [0.29, 0.717) is 13.2 Å². The van der Waals surface area contributed by atoms with Gasteiger partial charge in [0.15, 0.2) is 0 Å². The van der Waals surface area contributed by atoms with Gasteiger partial charge in [0, 0.05) is 38.9 Å². The molecule has 0 saturated heterocycles. The first-order chi connectivity index (χ1) is 14.2. The number of thiol groups is 1. The lowest BCUT2D eigenvalue weighted by Gasteiger charge is -2.25. The summed E-state index contributed by atoms with van der Waals surface area (Å²) in [4.78, 5) is 5.46. The molecule has 0 bridgehead atoms. The monoisotopic (exact) mass is 447 g/mol. The topological polar surface area (TPSA) is 56.7 Å². The largest absolute Gasteiger partial charge is 0.497 e. The van der Waals surface area contributed by atoms with Crippen molar-refractivity contribution in [3.05, 3.63) is 53.9 Å². The normalized spacial score (nSPS) is 15.3. The number of ether oxygens (including phenoxy) is 3. The van der Waals surface area contributed by atoms with Crippen molar-refractivity contribution in [2.24, 2.45) is 0 Å². The van der Waals surface area contributed by atoms with Gasteiger partial charge in [0.1, 0.15) is 23.6 Å². The van der Waals surface area contributed by atoms with Crippen LogP contribution in [0.5, 0.6) is 17.2 Å². The van der Waals surface area contributed by atoms with Gasteiger partial charge in [-0.15, -0.1) is 0 Å². The van der Waals surface area contributed by atoms with Gasteiger partial charge in [0.2, 0.25) is 5.13 Å². The van der Waals surface area contributed by atoms with E-state index in [1.54, 1.807) is 32.5 Å². The van der Waals surface area contributed by atoms with Crippen LogP contribution in [0.1, 0.15) is 22.8 Å². The van der Waals surface area contributed by atoms with Gasteiger partial charge in [-0.25, -0.2) is 4.98 Å². The molecule has 0 spiro atoms. The minimum absolute atomic E-state index is 0.223. The second-order valence-corrected chi connectivity index (χ2v) is 8.86. The number of nitrogens with zero attached hydrogens (tertiary/aromatic N) is 3. The lowest BCUT2D eigenvalue weighted by atomic mass is 10.1. The zero-order valence-corrected chi connectivity index (χ0v) is 18.6. The maximum absolute atomic E-state index is 5.85. The molecule has 9 heteroatoms. The minimum atomic E-state index is 0.223. The van der Waals surface area contributed by atoms with Crippen LogP contribution in [0, 0.1) is 0 Å². The number of benzene rings is 2. The minimum Gasteiger partial charge on any atom is -0.497 e. The van der Waals surface area contributed by atoms with Gasteiger partial charge in [0.25, 0.3) is 0 Å². The second-order valence-electron chi connectivity index (χ2n) is 6.38. The predicted molar refractivity (Wildman–Crippen MR) is 120 cm³/mol. The molecule has 2 aromatic carbocycles. The van der Waals surface area contributed by atoms with Crippen LogP contribution in [0.3, 0.4) is 0 Å². The van der Waals surface area contributed by atoms with Crippen LogP contribution in [0.15, 0.2) is 47.6 Å². The van der Waals surface area contributed by atoms with Crippen molar-refractivity contribution >= 4 is 41.2 Å². The molecule has 4 rings (SSSR count). The molecular weight excluding hydrogens is 426 g/mol. The molecule has 0 radical (unpaired) electrons. The van der Waals surface area contributed by atoms with Gasteiger partial charge >= 0.3 is 0 Å². The van der Waals surface area contributed by atoms with Crippen LogP contribution >= 0.6 is 36.1 Å². The summed E-state index contributed by atoms with van der Waals surface area (Å²) in [5.74, 6) is 2.43. The summed E-state index contributed by atoms with van der Waals surface area (Å²) < 4.78 is 23.0. The average molecular weight is 448 g/mol. The molecule has 1 aromatic heterocycles. The number of aromatic nitrogens is 2. The van der Waals surface area contributed by atoms with E-state index >= 15 is 0 Å². The molecule has 3 aromatic rings. The first-order valence-corrected chi connectivity index (χ1v) is 11.1. The number of methoxy groups -OCH3 is 2. The van der Waals surface area contributed by atoms with Crippen LogP contribution in [0.2, 0.25) is 0 Å². The standard InChI is InChI=1S/C20H21N3O3S3/c1-24-14-4-3-13(17(9-14)25-2)11-23(20-21-12-22-28-20)29-15-5-6-16-18(10-15)26-8-7-19(16)27/h3-6,9-10,12,19,27H,7-8,11H2,1-2H3. The fraction of sp³-hybridized carbons (Fsp3) is 0.300. The van der Waals surface area contributed by atoms with Crippen LogP contribution in [0.25, 0.3) is 0 Å². The highest BCUT2D eigenvalue weighted by atomic mass is 32.2. The summed E-state index contributed by atoms with van der Waals surface area (Å²) >= 11 is 7.61. The van der Waals surface area contributed by atoms with E-state index < -0.39 is 0 Å². The van der Waals surface area contributed by atoms with E-state index in [9.17, 15) is 0 Å². The second kappa shape index (κ2) is 9.15. The van der Waals surface area contributed by atoms with Crippen LogP contribution in [-0.2, 0) is 6.54 Å². The summed E-state index contributed by atoms with van der Waals surface area (Å²) in [6.45, 7) is 1.29. The fourth-order valence-electron chi connectivity index (χ4n) is 3.09. The number of hydrogen-bond donors (Lipinski definition) is 1. The predicted octanol–water partition coefficient (Wildman–Crippen LogP) is 5.02. The molecule has 2 heterocycles. The smallest absolute Gasteiger partial charge is 0.215 e. The molecule has 1 aliphatic heterocycles. The molecule has 0 saturated carbocycles. The maximum Gasteiger partial charge on any atom is 0.215 e. The quantitative estimate of drug-likeness (QED) is 0.403. The number of anilines is 1. The van der Waals surface area contributed by atoms with Gasteiger partial charge in [-0.2, -0.15) is 17.0 Å². The molecule has 0 fully saturated rings. The van der Waals surface area contributed by atoms with Gasteiger partial charge < -0.3 is 14.2 Å². The van der Waals surface area contributed by atoms with Crippen molar-refractivity contribution < 1.29 is 14.2 Å². The van der Waals surface area contributed by atoms with Crippen molar-refractivity contribution in [2.45, 2.75) is 23.1 Å². The molecule has 6 nitrogen and oxygen atoms in total. The summed E-state index contributed by atoms with van der Waals surface area (Å²) in [5, 5.41) is 1.04. The van der Waals surface area contributed by atoms with Crippen molar-refractivity contribution in [3.63, 3.8) is 0 Å². The Hall–Kier alpha value is -2.10. The Kier molecular flexibility index (Phi) is 6.37. The van der Waals surface area contributed by atoms with Gasteiger partial charge in [-0.05, 0) is 42.6 Å². The zero-order chi connectivity index (χ0) is 20.2. The first-order valence-electron chi connectivity index (χ1n) is 9.06. The molecule has 0 amide bonds. The summed E-state index contributed by atoms with van der Waals surface area (Å²) in [7, 11) is 3.31. The van der Waals surface area contributed by atoms with Crippen molar-refractivity contribution in [1.82, 2.24) is 9.36 Å². The van der Waals surface area contributed by atoms with Gasteiger partial charge in [0.05, 0.1) is 27.4 Å². The summed E-state index contributed by atoms with van der Waals surface area (Å²) in [5.41, 5.74) is 2.17.